The normalized spacial score (nSPS) is 18.0. The molecule has 0 bridgehead atoms. The molecule has 5 amide bonds. The summed E-state index contributed by atoms with van der Waals surface area (Å²) in [6.45, 7) is 10.7. The molecular weight excluding hydrogens is 692 g/mol. The van der Waals surface area contributed by atoms with Crippen LogP contribution in [0, 0.1) is 0 Å². The van der Waals surface area contributed by atoms with Crippen molar-refractivity contribution in [1.82, 2.24) is 41.2 Å². The van der Waals surface area contributed by atoms with Crippen molar-refractivity contribution >= 4 is 58.1 Å². The molecule has 4 rings (SSSR count). The number of aliphatic carboxylic acids is 1. The SMILES string of the molecule is CC(C)(C)OC(=O)NCCCC(=O)NCc1cnn(C[C@H]2NC(=O)[C@H]2NC(=O)C(=NOC2(C(=O)O)CC2)c2csc(NC(=O)OC(C)(C)C)n2)n1. The molecule has 1 aliphatic carbocycles. The number of thiazole rings is 1. The van der Waals surface area contributed by atoms with Crippen LogP contribution in [0.25, 0.3) is 0 Å². The Kier molecular flexibility index (Phi) is 11.8. The summed E-state index contributed by atoms with van der Waals surface area (Å²) >= 11 is 0.961. The monoisotopic (exact) mass is 734 g/mol. The van der Waals surface area contributed by atoms with Crippen LogP contribution in [0.4, 0.5) is 14.7 Å². The third-order valence-corrected chi connectivity index (χ3v) is 7.69. The van der Waals surface area contributed by atoms with Gasteiger partial charge < -0.3 is 40.7 Å². The van der Waals surface area contributed by atoms with E-state index < -0.39 is 64.6 Å². The zero-order valence-electron chi connectivity index (χ0n) is 29.0. The topological polar surface area (TPSA) is 266 Å². The van der Waals surface area contributed by atoms with Crippen molar-refractivity contribution < 1.29 is 48.2 Å². The summed E-state index contributed by atoms with van der Waals surface area (Å²) in [6, 6.07) is -1.68. The Balaban J connectivity index is 1.31. The van der Waals surface area contributed by atoms with Crippen molar-refractivity contribution in [1.29, 1.82) is 0 Å². The van der Waals surface area contributed by atoms with E-state index in [0.717, 1.165) is 11.3 Å². The summed E-state index contributed by atoms with van der Waals surface area (Å²) in [6.07, 6.45) is 1.05. The van der Waals surface area contributed by atoms with Gasteiger partial charge in [0, 0.05) is 31.2 Å². The van der Waals surface area contributed by atoms with Gasteiger partial charge in [-0.2, -0.15) is 15.0 Å². The van der Waals surface area contributed by atoms with Gasteiger partial charge in [-0.15, -0.1) is 11.3 Å². The van der Waals surface area contributed by atoms with Crippen molar-refractivity contribution in [2.45, 2.75) is 109 Å². The molecule has 20 nitrogen and oxygen atoms in total. The summed E-state index contributed by atoms with van der Waals surface area (Å²) in [5.74, 6) is -2.87. The predicted molar refractivity (Wildman–Crippen MR) is 178 cm³/mol. The first-order chi connectivity index (χ1) is 23.8. The standard InChI is InChI=1S/C30H42N10O10S/c1-28(2,3)48-26(46)31-11-7-8-19(41)32-12-16-13-33-40(38-16)14-17-20(22(42)34-17)36-23(43)21(39-50-30(9-10-30)24(44)45)18-15-51-25(35-18)37-27(47)49-29(4,5)6/h13,15,17,20H,7-12,14H2,1-6H3,(H,31,46)(H,32,41)(H,34,42)(H,36,43)(H,44,45)(H,35,37,47)/t17-,20+/m1/s1. The zero-order valence-corrected chi connectivity index (χ0v) is 29.8. The fourth-order valence-corrected chi connectivity index (χ4v) is 4.99. The van der Waals surface area contributed by atoms with Gasteiger partial charge in [0.1, 0.15) is 28.6 Å². The highest BCUT2D eigenvalue weighted by Crippen LogP contribution is 2.40. The second-order valence-electron chi connectivity index (χ2n) is 13.8. The van der Waals surface area contributed by atoms with Crippen LogP contribution in [-0.4, -0.2) is 102 Å². The number of alkyl carbamates (subject to hydrolysis) is 1. The average Bonchev–Trinajstić information content (AvgIpc) is 3.45. The number of carboxylic acids is 1. The summed E-state index contributed by atoms with van der Waals surface area (Å²) in [7, 11) is 0. The van der Waals surface area contributed by atoms with E-state index >= 15 is 0 Å². The van der Waals surface area contributed by atoms with Gasteiger partial charge in [-0.3, -0.25) is 19.7 Å². The number of oxime groups is 1. The highest BCUT2D eigenvalue weighted by Gasteiger charge is 2.55. The lowest BCUT2D eigenvalue weighted by Gasteiger charge is -2.36. The van der Waals surface area contributed by atoms with Crippen molar-refractivity contribution in [3.05, 3.63) is 23.0 Å². The summed E-state index contributed by atoms with van der Waals surface area (Å²) < 4.78 is 10.4. The van der Waals surface area contributed by atoms with E-state index in [1.807, 2.05) is 0 Å². The maximum atomic E-state index is 13.5. The molecule has 0 aromatic carbocycles. The van der Waals surface area contributed by atoms with Gasteiger partial charge in [0.2, 0.25) is 17.4 Å². The van der Waals surface area contributed by atoms with E-state index in [-0.39, 0.29) is 55.6 Å². The fraction of sp³-hybridized carbons (Fsp3) is 0.600. The van der Waals surface area contributed by atoms with Gasteiger partial charge in [0.05, 0.1) is 25.3 Å². The number of β-lactam (4-membered cyclic amide) rings is 1. The Bertz CT molecular complexity index is 1670. The first-order valence-corrected chi connectivity index (χ1v) is 16.9. The smallest absolute Gasteiger partial charge is 0.413 e. The maximum absolute atomic E-state index is 13.5. The minimum absolute atomic E-state index is 0.0410. The number of ether oxygens (including phenoxy) is 2. The van der Waals surface area contributed by atoms with Crippen LogP contribution in [0.2, 0.25) is 0 Å². The van der Waals surface area contributed by atoms with Crippen LogP contribution >= 0.6 is 11.3 Å². The lowest BCUT2D eigenvalue weighted by molar-refractivity contribution is -0.153. The zero-order chi connectivity index (χ0) is 37.6. The number of carbonyl (C=O) groups is 6. The van der Waals surface area contributed by atoms with Crippen molar-refractivity contribution in [2.24, 2.45) is 5.16 Å². The number of nitrogens with one attached hydrogen (secondary N) is 5. The molecule has 51 heavy (non-hydrogen) atoms. The third kappa shape index (κ3) is 11.6. The van der Waals surface area contributed by atoms with Gasteiger partial charge in [-0.05, 0) is 48.0 Å². The molecule has 278 valence electrons. The van der Waals surface area contributed by atoms with Crippen LogP contribution in [0.3, 0.4) is 0 Å². The third-order valence-electron chi connectivity index (χ3n) is 6.93. The number of nitrogens with zero attached hydrogens (tertiary/aromatic N) is 5. The molecule has 0 radical (unpaired) electrons. The molecule has 2 fully saturated rings. The largest absolute Gasteiger partial charge is 0.478 e. The van der Waals surface area contributed by atoms with Crippen LogP contribution < -0.4 is 26.6 Å². The van der Waals surface area contributed by atoms with Gasteiger partial charge in [0.25, 0.3) is 5.91 Å². The second-order valence-corrected chi connectivity index (χ2v) is 14.6. The number of amides is 5. The summed E-state index contributed by atoms with van der Waals surface area (Å²) in [5, 5.41) is 36.3. The lowest BCUT2D eigenvalue weighted by Crippen LogP contribution is -2.70. The van der Waals surface area contributed by atoms with E-state index in [1.54, 1.807) is 41.5 Å². The van der Waals surface area contributed by atoms with Crippen molar-refractivity contribution in [3.8, 4) is 0 Å². The Hall–Kier alpha value is -5.34. The van der Waals surface area contributed by atoms with Crippen LogP contribution in [0.5, 0.6) is 0 Å². The molecule has 1 saturated carbocycles. The average molecular weight is 735 g/mol. The molecule has 2 atom stereocenters. The summed E-state index contributed by atoms with van der Waals surface area (Å²) in [4.78, 5) is 84.5. The molecule has 21 heteroatoms. The van der Waals surface area contributed by atoms with Gasteiger partial charge in [-0.1, -0.05) is 5.16 Å². The molecule has 2 aliphatic rings. The van der Waals surface area contributed by atoms with E-state index in [1.165, 1.54) is 16.4 Å². The number of hydrogen-bond donors (Lipinski definition) is 6. The highest BCUT2D eigenvalue weighted by atomic mass is 32.1. The van der Waals surface area contributed by atoms with E-state index in [2.05, 4.69) is 46.9 Å². The Morgan fingerprint density at radius 2 is 1.76 bits per heavy atom. The number of carbonyl (C=O) groups excluding carboxylic acids is 5. The quantitative estimate of drug-likeness (QED) is 0.0647. The van der Waals surface area contributed by atoms with E-state index in [4.69, 9.17) is 14.3 Å². The fourth-order valence-electron chi connectivity index (χ4n) is 4.30. The van der Waals surface area contributed by atoms with Gasteiger partial charge in [0.15, 0.2) is 10.8 Å². The van der Waals surface area contributed by atoms with Crippen molar-refractivity contribution in [3.63, 3.8) is 0 Å². The molecule has 6 N–H and O–H groups in total. The molecule has 1 saturated heterocycles. The number of rotatable bonds is 15. The lowest BCUT2D eigenvalue weighted by atomic mass is 9.98. The van der Waals surface area contributed by atoms with Gasteiger partial charge in [-0.25, -0.2) is 19.4 Å². The van der Waals surface area contributed by atoms with Crippen molar-refractivity contribution in [2.75, 3.05) is 11.9 Å². The molecule has 2 aromatic rings. The maximum Gasteiger partial charge on any atom is 0.413 e. The Morgan fingerprint density at radius 3 is 2.39 bits per heavy atom. The number of aromatic nitrogens is 4. The molecule has 1 aliphatic heterocycles. The minimum atomic E-state index is -1.57. The van der Waals surface area contributed by atoms with Crippen LogP contribution in [0.15, 0.2) is 16.7 Å². The molecule has 3 heterocycles. The molecule has 0 spiro atoms. The van der Waals surface area contributed by atoms with Crippen LogP contribution in [0.1, 0.15) is 78.6 Å². The molecular formula is C30H42N10O10S. The Morgan fingerprint density at radius 1 is 1.08 bits per heavy atom. The number of hydrogen-bond acceptors (Lipinski definition) is 14. The molecule has 0 unspecified atom stereocenters. The predicted octanol–water partition coefficient (Wildman–Crippen LogP) is 1.02. The second kappa shape index (κ2) is 15.7. The van der Waals surface area contributed by atoms with E-state index in [0.29, 0.717) is 12.1 Å². The highest BCUT2D eigenvalue weighted by molar-refractivity contribution is 7.14. The van der Waals surface area contributed by atoms with Gasteiger partial charge >= 0.3 is 18.2 Å². The number of carboxylic acid groups (broad SMARTS) is 1. The molecule has 2 aromatic heterocycles. The summed E-state index contributed by atoms with van der Waals surface area (Å²) in [5.41, 5.74) is -2.97. The van der Waals surface area contributed by atoms with E-state index in [9.17, 15) is 33.9 Å². The Labute approximate surface area is 296 Å². The van der Waals surface area contributed by atoms with Crippen LogP contribution in [-0.2, 0) is 46.6 Å². The number of anilines is 1. The first-order valence-electron chi connectivity index (χ1n) is 16.0. The first kappa shape index (κ1) is 38.5. The minimum Gasteiger partial charge on any atom is -0.478 e.